The van der Waals surface area contributed by atoms with Crippen LogP contribution in [0.15, 0.2) is 24.4 Å². The molecule has 1 atom stereocenters. The molecule has 0 radical (unpaired) electrons. The van der Waals surface area contributed by atoms with Crippen LogP contribution >= 0.6 is 11.6 Å². The van der Waals surface area contributed by atoms with E-state index in [0.29, 0.717) is 22.1 Å². The van der Waals surface area contributed by atoms with E-state index in [2.05, 4.69) is 9.97 Å². The van der Waals surface area contributed by atoms with Gasteiger partial charge in [-0.1, -0.05) is 11.6 Å². The van der Waals surface area contributed by atoms with Crippen LogP contribution in [0.25, 0.3) is 11.3 Å². The van der Waals surface area contributed by atoms with E-state index in [1.54, 1.807) is 0 Å². The second kappa shape index (κ2) is 4.83. The highest BCUT2D eigenvalue weighted by molar-refractivity contribution is 6.30. The van der Waals surface area contributed by atoms with Crippen LogP contribution in [0, 0.1) is 5.82 Å². The standard InChI is InChI=1S/C11H11ClFN3O/c12-6-1-2-8(13)7(3-6)10-4-15-11(16-10)9(14)5-17/h1-4,9,17H,5,14H2,(H,15,16). The molecule has 1 unspecified atom stereocenters. The molecule has 90 valence electrons. The molecule has 2 rings (SSSR count). The summed E-state index contributed by atoms with van der Waals surface area (Å²) in [5, 5.41) is 9.32. The zero-order valence-electron chi connectivity index (χ0n) is 8.82. The van der Waals surface area contributed by atoms with Crippen molar-refractivity contribution in [3.63, 3.8) is 0 Å². The van der Waals surface area contributed by atoms with Gasteiger partial charge >= 0.3 is 0 Å². The summed E-state index contributed by atoms with van der Waals surface area (Å²) in [6.07, 6.45) is 1.46. The van der Waals surface area contributed by atoms with Crippen LogP contribution in [0.3, 0.4) is 0 Å². The number of aromatic amines is 1. The lowest BCUT2D eigenvalue weighted by Gasteiger charge is -2.04. The van der Waals surface area contributed by atoms with Gasteiger partial charge in [-0.2, -0.15) is 0 Å². The van der Waals surface area contributed by atoms with Gasteiger partial charge in [0.2, 0.25) is 0 Å². The van der Waals surface area contributed by atoms with Gasteiger partial charge in [0, 0.05) is 10.6 Å². The normalized spacial score (nSPS) is 12.7. The molecule has 0 aliphatic carbocycles. The molecule has 1 heterocycles. The third-order valence-corrected chi connectivity index (χ3v) is 2.60. The molecule has 0 aliphatic rings. The maximum atomic E-state index is 13.6. The predicted octanol–water partition coefficient (Wildman–Crippen LogP) is 1.86. The lowest BCUT2D eigenvalue weighted by Crippen LogP contribution is -2.15. The number of rotatable bonds is 3. The summed E-state index contributed by atoms with van der Waals surface area (Å²) in [6.45, 7) is -0.231. The Balaban J connectivity index is 2.40. The number of nitrogens with two attached hydrogens (primary N) is 1. The number of benzene rings is 1. The number of halogens is 2. The van der Waals surface area contributed by atoms with Crippen LogP contribution in [0.4, 0.5) is 4.39 Å². The van der Waals surface area contributed by atoms with E-state index in [1.165, 1.54) is 24.4 Å². The minimum Gasteiger partial charge on any atom is -0.394 e. The molecule has 0 saturated heterocycles. The summed E-state index contributed by atoms with van der Waals surface area (Å²) in [5.74, 6) is 0.00375. The second-order valence-corrected chi connectivity index (χ2v) is 4.03. The van der Waals surface area contributed by atoms with Gasteiger partial charge in [0.25, 0.3) is 0 Å². The number of aliphatic hydroxyl groups excluding tert-OH is 1. The molecule has 1 aromatic heterocycles. The molecule has 6 heteroatoms. The predicted molar refractivity (Wildman–Crippen MR) is 63.0 cm³/mol. The Labute approximate surface area is 102 Å². The zero-order chi connectivity index (χ0) is 12.4. The lowest BCUT2D eigenvalue weighted by molar-refractivity contribution is 0.264. The highest BCUT2D eigenvalue weighted by atomic mass is 35.5. The first-order valence-corrected chi connectivity index (χ1v) is 5.36. The Morgan fingerprint density at radius 1 is 1.53 bits per heavy atom. The Bertz CT molecular complexity index is 529. The summed E-state index contributed by atoms with van der Waals surface area (Å²) < 4.78 is 13.6. The van der Waals surface area contributed by atoms with Crippen LogP contribution in [0.2, 0.25) is 5.02 Å². The third kappa shape index (κ3) is 2.46. The van der Waals surface area contributed by atoms with Gasteiger partial charge in [0.05, 0.1) is 24.5 Å². The molecule has 0 amide bonds. The second-order valence-electron chi connectivity index (χ2n) is 3.60. The van der Waals surface area contributed by atoms with E-state index >= 15 is 0 Å². The number of nitrogens with one attached hydrogen (secondary N) is 1. The first-order chi connectivity index (χ1) is 8.11. The highest BCUT2D eigenvalue weighted by Gasteiger charge is 2.12. The van der Waals surface area contributed by atoms with Gasteiger partial charge in [0.1, 0.15) is 11.6 Å². The van der Waals surface area contributed by atoms with E-state index in [1.807, 2.05) is 0 Å². The van der Waals surface area contributed by atoms with Crippen molar-refractivity contribution in [2.24, 2.45) is 5.73 Å². The lowest BCUT2D eigenvalue weighted by atomic mass is 10.1. The quantitative estimate of drug-likeness (QED) is 0.784. The molecule has 0 spiro atoms. The molecule has 17 heavy (non-hydrogen) atoms. The Kier molecular flexibility index (Phi) is 3.42. The molecule has 2 aromatic rings. The number of H-pyrrole nitrogens is 1. The first-order valence-electron chi connectivity index (χ1n) is 4.98. The van der Waals surface area contributed by atoms with Crippen LogP contribution in [-0.4, -0.2) is 21.7 Å². The van der Waals surface area contributed by atoms with Crippen LogP contribution in [0.5, 0.6) is 0 Å². The summed E-state index contributed by atoms with van der Waals surface area (Å²) in [6, 6.07) is 3.64. The van der Waals surface area contributed by atoms with E-state index in [4.69, 9.17) is 22.4 Å². The van der Waals surface area contributed by atoms with E-state index in [0.717, 1.165) is 0 Å². The fourth-order valence-electron chi connectivity index (χ4n) is 1.45. The van der Waals surface area contributed by atoms with Crippen molar-refractivity contribution >= 4 is 11.6 Å². The molecule has 1 aromatic carbocycles. The van der Waals surface area contributed by atoms with Gasteiger partial charge in [-0.05, 0) is 18.2 Å². The maximum Gasteiger partial charge on any atom is 0.132 e. The van der Waals surface area contributed by atoms with Gasteiger partial charge in [-0.3, -0.25) is 0 Å². The molecular formula is C11H11ClFN3O. The average Bonchev–Trinajstić information content (AvgIpc) is 2.80. The topological polar surface area (TPSA) is 74.9 Å². The number of imidazole rings is 1. The van der Waals surface area contributed by atoms with E-state index in [9.17, 15) is 4.39 Å². The monoisotopic (exact) mass is 255 g/mol. The SMILES string of the molecule is NC(CO)c1ncc(-c2cc(Cl)ccc2F)[nH]1. The Morgan fingerprint density at radius 3 is 3.00 bits per heavy atom. The highest BCUT2D eigenvalue weighted by Crippen LogP contribution is 2.25. The van der Waals surface area contributed by atoms with Gasteiger partial charge in [0.15, 0.2) is 0 Å². The third-order valence-electron chi connectivity index (χ3n) is 2.36. The largest absolute Gasteiger partial charge is 0.394 e. The van der Waals surface area contributed by atoms with Crippen LogP contribution in [0.1, 0.15) is 11.9 Å². The number of hydrogen-bond acceptors (Lipinski definition) is 3. The van der Waals surface area contributed by atoms with Crippen LogP contribution in [-0.2, 0) is 0 Å². The summed E-state index contributed by atoms with van der Waals surface area (Å²) in [4.78, 5) is 6.84. The smallest absolute Gasteiger partial charge is 0.132 e. The zero-order valence-corrected chi connectivity index (χ0v) is 9.58. The first kappa shape index (κ1) is 12.0. The van der Waals surface area contributed by atoms with Crippen molar-refractivity contribution in [3.05, 3.63) is 41.1 Å². The summed E-state index contributed by atoms with van der Waals surface area (Å²) >= 11 is 5.80. The average molecular weight is 256 g/mol. The maximum absolute atomic E-state index is 13.6. The van der Waals surface area contributed by atoms with Crippen molar-refractivity contribution < 1.29 is 9.50 Å². The molecule has 0 aliphatic heterocycles. The molecular weight excluding hydrogens is 245 g/mol. The van der Waals surface area contributed by atoms with E-state index in [-0.39, 0.29) is 6.61 Å². The van der Waals surface area contributed by atoms with Gasteiger partial charge in [-0.25, -0.2) is 9.37 Å². The molecule has 4 N–H and O–H groups in total. The van der Waals surface area contributed by atoms with Crippen molar-refractivity contribution in [2.45, 2.75) is 6.04 Å². The van der Waals surface area contributed by atoms with E-state index < -0.39 is 11.9 Å². The van der Waals surface area contributed by atoms with Crippen molar-refractivity contribution in [1.82, 2.24) is 9.97 Å². The minimum absolute atomic E-state index is 0.231. The van der Waals surface area contributed by atoms with Gasteiger partial charge < -0.3 is 15.8 Å². The number of aromatic nitrogens is 2. The number of hydrogen-bond donors (Lipinski definition) is 3. The molecule has 0 bridgehead atoms. The molecule has 0 saturated carbocycles. The fraction of sp³-hybridized carbons (Fsp3) is 0.182. The van der Waals surface area contributed by atoms with Crippen molar-refractivity contribution in [3.8, 4) is 11.3 Å². The summed E-state index contributed by atoms with van der Waals surface area (Å²) in [7, 11) is 0. The minimum atomic E-state index is -0.606. The summed E-state index contributed by atoms with van der Waals surface area (Å²) in [5.41, 5.74) is 6.39. The van der Waals surface area contributed by atoms with Crippen molar-refractivity contribution in [1.29, 1.82) is 0 Å². The van der Waals surface area contributed by atoms with Crippen molar-refractivity contribution in [2.75, 3.05) is 6.61 Å². The fourth-order valence-corrected chi connectivity index (χ4v) is 1.62. The Morgan fingerprint density at radius 2 is 2.29 bits per heavy atom. The number of aliphatic hydroxyl groups is 1. The van der Waals surface area contributed by atoms with Crippen LogP contribution < -0.4 is 5.73 Å². The Hall–Kier alpha value is -1.43. The molecule has 4 nitrogen and oxygen atoms in total. The molecule has 0 fully saturated rings. The van der Waals surface area contributed by atoms with Gasteiger partial charge in [-0.15, -0.1) is 0 Å². The number of nitrogens with zero attached hydrogens (tertiary/aromatic N) is 1.